The Labute approximate surface area is 77.4 Å². The maximum absolute atomic E-state index is 11.3. The summed E-state index contributed by atoms with van der Waals surface area (Å²) in [6.07, 6.45) is 0.848. The lowest BCUT2D eigenvalue weighted by atomic mass is 10.2. The van der Waals surface area contributed by atoms with Crippen molar-refractivity contribution >= 4 is 16.0 Å². The average molecular weight is 207 g/mol. The molecule has 1 fully saturated rings. The van der Waals surface area contributed by atoms with Crippen molar-refractivity contribution in [2.24, 2.45) is 0 Å². The van der Waals surface area contributed by atoms with E-state index in [9.17, 15) is 13.2 Å². The number of rotatable bonds is 3. The van der Waals surface area contributed by atoms with Crippen molar-refractivity contribution in [1.29, 1.82) is 0 Å². The molecule has 1 atom stereocenters. The van der Waals surface area contributed by atoms with Crippen LogP contribution in [0.4, 0.5) is 0 Å². The Morgan fingerprint density at radius 2 is 2.23 bits per heavy atom. The van der Waals surface area contributed by atoms with Gasteiger partial charge in [-0.1, -0.05) is 6.92 Å². The lowest BCUT2D eigenvalue weighted by Crippen LogP contribution is -2.41. The van der Waals surface area contributed by atoms with Gasteiger partial charge < -0.3 is 5.11 Å². The molecule has 0 amide bonds. The van der Waals surface area contributed by atoms with E-state index >= 15 is 0 Å². The van der Waals surface area contributed by atoms with Gasteiger partial charge in [0, 0.05) is 6.54 Å². The minimum Gasteiger partial charge on any atom is -0.480 e. The molecule has 1 rings (SSSR count). The first-order valence-electron chi connectivity index (χ1n) is 4.21. The van der Waals surface area contributed by atoms with Crippen LogP contribution in [0, 0.1) is 0 Å². The molecule has 1 saturated heterocycles. The van der Waals surface area contributed by atoms with Crippen LogP contribution in [0.2, 0.25) is 0 Å². The van der Waals surface area contributed by atoms with Crippen LogP contribution in [0.25, 0.3) is 0 Å². The third-order valence-corrected chi connectivity index (χ3v) is 4.11. The van der Waals surface area contributed by atoms with Crippen molar-refractivity contribution in [1.82, 2.24) is 4.31 Å². The topological polar surface area (TPSA) is 74.7 Å². The number of hydrogen-bond acceptors (Lipinski definition) is 3. The van der Waals surface area contributed by atoms with E-state index < -0.39 is 22.0 Å². The van der Waals surface area contributed by atoms with Gasteiger partial charge in [0.2, 0.25) is 10.0 Å². The Morgan fingerprint density at radius 1 is 1.62 bits per heavy atom. The zero-order valence-electron chi connectivity index (χ0n) is 7.43. The van der Waals surface area contributed by atoms with E-state index in [-0.39, 0.29) is 5.75 Å². The SMILES string of the molecule is CCC(C(=O)O)N1CCCS1(=O)=O. The normalized spacial score (nSPS) is 24.4. The molecule has 1 heterocycles. The predicted molar refractivity (Wildman–Crippen MR) is 46.8 cm³/mol. The molecule has 0 saturated carbocycles. The van der Waals surface area contributed by atoms with Crippen LogP contribution in [-0.4, -0.2) is 42.1 Å². The van der Waals surface area contributed by atoms with E-state index in [1.54, 1.807) is 6.92 Å². The number of carboxylic acid groups (broad SMARTS) is 1. The summed E-state index contributed by atoms with van der Waals surface area (Å²) in [5.74, 6) is -0.982. The van der Waals surface area contributed by atoms with Gasteiger partial charge in [-0.15, -0.1) is 0 Å². The van der Waals surface area contributed by atoms with Crippen LogP contribution in [0.3, 0.4) is 0 Å². The molecule has 6 heteroatoms. The first-order chi connectivity index (χ1) is 5.99. The maximum atomic E-state index is 11.3. The summed E-state index contributed by atoms with van der Waals surface area (Å²) in [4.78, 5) is 10.7. The minimum absolute atomic E-state index is 0.0801. The van der Waals surface area contributed by atoms with Crippen LogP contribution in [-0.2, 0) is 14.8 Å². The van der Waals surface area contributed by atoms with Crippen molar-refractivity contribution < 1.29 is 18.3 Å². The quantitative estimate of drug-likeness (QED) is 0.700. The van der Waals surface area contributed by atoms with Gasteiger partial charge in [0.05, 0.1) is 5.75 Å². The summed E-state index contributed by atoms with van der Waals surface area (Å²) >= 11 is 0. The van der Waals surface area contributed by atoms with Gasteiger partial charge in [0.15, 0.2) is 0 Å². The molecule has 0 radical (unpaired) electrons. The van der Waals surface area contributed by atoms with Gasteiger partial charge in [0.25, 0.3) is 0 Å². The van der Waals surface area contributed by atoms with E-state index in [2.05, 4.69) is 0 Å². The van der Waals surface area contributed by atoms with Crippen LogP contribution >= 0.6 is 0 Å². The highest BCUT2D eigenvalue weighted by Crippen LogP contribution is 2.18. The summed E-state index contributed by atoms with van der Waals surface area (Å²) in [6.45, 7) is 2.01. The van der Waals surface area contributed by atoms with Crippen LogP contribution < -0.4 is 0 Å². The number of carbonyl (C=O) groups is 1. The molecule has 1 unspecified atom stereocenters. The monoisotopic (exact) mass is 207 g/mol. The van der Waals surface area contributed by atoms with Crippen molar-refractivity contribution in [2.75, 3.05) is 12.3 Å². The van der Waals surface area contributed by atoms with Crippen LogP contribution in [0.5, 0.6) is 0 Å². The highest BCUT2D eigenvalue weighted by atomic mass is 32.2. The fourth-order valence-corrected chi connectivity index (χ4v) is 3.27. The standard InChI is InChI=1S/C7H13NO4S/c1-2-6(7(9)10)8-4-3-5-13(8,11)12/h6H,2-5H2,1H3,(H,9,10). The Balaban J connectivity index is 2.87. The Hall–Kier alpha value is -0.620. The van der Waals surface area contributed by atoms with E-state index in [1.807, 2.05) is 0 Å². The minimum atomic E-state index is -3.29. The van der Waals surface area contributed by atoms with Gasteiger partial charge in [-0.2, -0.15) is 4.31 Å². The second-order valence-electron chi connectivity index (χ2n) is 3.04. The number of aliphatic carboxylic acids is 1. The molecule has 1 aliphatic rings. The van der Waals surface area contributed by atoms with Gasteiger partial charge in [-0.25, -0.2) is 8.42 Å². The molecule has 1 aliphatic heterocycles. The van der Waals surface area contributed by atoms with Gasteiger partial charge in [-0.3, -0.25) is 4.79 Å². The fourth-order valence-electron chi connectivity index (χ4n) is 1.51. The number of sulfonamides is 1. The Kier molecular flexibility index (Phi) is 2.92. The summed E-state index contributed by atoms with van der Waals surface area (Å²) in [5, 5.41) is 8.76. The highest BCUT2D eigenvalue weighted by molar-refractivity contribution is 7.89. The first kappa shape index (κ1) is 10.5. The van der Waals surface area contributed by atoms with Gasteiger partial charge in [-0.05, 0) is 12.8 Å². The van der Waals surface area contributed by atoms with E-state index in [0.29, 0.717) is 19.4 Å². The molecule has 76 valence electrons. The maximum Gasteiger partial charge on any atom is 0.321 e. The molecule has 0 aliphatic carbocycles. The lowest BCUT2D eigenvalue weighted by Gasteiger charge is -2.20. The molecule has 0 bridgehead atoms. The molecule has 5 nitrogen and oxygen atoms in total. The molecular formula is C7H13NO4S. The van der Waals surface area contributed by atoms with Crippen molar-refractivity contribution in [3.63, 3.8) is 0 Å². The summed E-state index contributed by atoms with van der Waals surface area (Å²) in [6, 6.07) is -0.882. The predicted octanol–water partition coefficient (Wildman–Crippen LogP) is -0.115. The van der Waals surface area contributed by atoms with Crippen molar-refractivity contribution in [2.45, 2.75) is 25.8 Å². The molecule has 1 N–H and O–H groups in total. The van der Waals surface area contributed by atoms with E-state index in [0.717, 1.165) is 4.31 Å². The van der Waals surface area contributed by atoms with Crippen molar-refractivity contribution in [3.8, 4) is 0 Å². The molecule has 0 aromatic heterocycles. The Morgan fingerprint density at radius 3 is 2.54 bits per heavy atom. The first-order valence-corrected chi connectivity index (χ1v) is 5.82. The third-order valence-electron chi connectivity index (χ3n) is 2.16. The average Bonchev–Trinajstić information content (AvgIpc) is 2.32. The zero-order valence-corrected chi connectivity index (χ0v) is 8.25. The van der Waals surface area contributed by atoms with E-state index in [1.165, 1.54) is 0 Å². The Bertz CT molecular complexity index is 298. The molecule has 0 aromatic rings. The smallest absolute Gasteiger partial charge is 0.321 e. The summed E-state index contributed by atoms with van der Waals surface area (Å²) < 4.78 is 23.8. The van der Waals surface area contributed by atoms with Crippen LogP contribution in [0.1, 0.15) is 19.8 Å². The lowest BCUT2D eigenvalue weighted by molar-refractivity contribution is -0.141. The van der Waals surface area contributed by atoms with Crippen LogP contribution in [0.15, 0.2) is 0 Å². The van der Waals surface area contributed by atoms with Gasteiger partial charge >= 0.3 is 5.97 Å². The molecular weight excluding hydrogens is 194 g/mol. The van der Waals surface area contributed by atoms with E-state index in [4.69, 9.17) is 5.11 Å². The van der Waals surface area contributed by atoms with Gasteiger partial charge in [0.1, 0.15) is 6.04 Å². The number of nitrogens with zero attached hydrogens (tertiary/aromatic N) is 1. The zero-order chi connectivity index (χ0) is 10.1. The fraction of sp³-hybridized carbons (Fsp3) is 0.857. The second-order valence-corrected chi connectivity index (χ2v) is 5.08. The summed E-state index contributed by atoms with van der Waals surface area (Å²) in [5.41, 5.74) is 0. The number of hydrogen-bond donors (Lipinski definition) is 1. The summed E-state index contributed by atoms with van der Waals surface area (Å²) in [7, 11) is -3.29. The third kappa shape index (κ3) is 2.00. The number of carboxylic acids is 1. The largest absolute Gasteiger partial charge is 0.480 e. The molecule has 0 aromatic carbocycles. The second kappa shape index (κ2) is 3.63. The highest BCUT2D eigenvalue weighted by Gasteiger charge is 2.37. The molecule has 0 spiro atoms. The van der Waals surface area contributed by atoms with Crippen molar-refractivity contribution in [3.05, 3.63) is 0 Å². The molecule has 13 heavy (non-hydrogen) atoms.